The highest BCUT2D eigenvalue weighted by atomic mass is 14.9. The van der Waals surface area contributed by atoms with Gasteiger partial charge in [-0.2, -0.15) is 0 Å². The van der Waals surface area contributed by atoms with Crippen LogP contribution in [-0.4, -0.2) is 9.97 Å². The van der Waals surface area contributed by atoms with E-state index in [0.29, 0.717) is 5.69 Å². The van der Waals surface area contributed by atoms with E-state index in [2.05, 4.69) is 9.97 Å². The van der Waals surface area contributed by atoms with Crippen LogP contribution in [0.15, 0.2) is 42.6 Å². The lowest BCUT2D eigenvalue weighted by atomic mass is 10.1. The van der Waals surface area contributed by atoms with E-state index in [9.17, 15) is 0 Å². The lowest BCUT2D eigenvalue weighted by Crippen LogP contribution is -1.88. The number of aromatic nitrogens is 2. The largest absolute Gasteiger partial charge is 0.242 e. The number of hydrogen-bond acceptors (Lipinski definition) is 2. The maximum atomic E-state index is 7.24. The lowest BCUT2D eigenvalue weighted by Gasteiger charge is -1.99. The van der Waals surface area contributed by atoms with Crippen molar-refractivity contribution in [2.24, 2.45) is 0 Å². The smallest absolute Gasteiger partial charge is 0.125 e. The highest BCUT2D eigenvalue weighted by Crippen LogP contribution is 2.14. The van der Waals surface area contributed by atoms with Crippen LogP contribution in [0.4, 0.5) is 0 Å². The van der Waals surface area contributed by atoms with E-state index in [1.807, 2.05) is 30.3 Å². The second kappa shape index (κ2) is 3.35. The van der Waals surface area contributed by atoms with E-state index in [1.54, 1.807) is 6.07 Å². The molecule has 0 amide bonds. The minimum Gasteiger partial charge on any atom is -0.242 e. The molecule has 0 spiro atoms. The van der Waals surface area contributed by atoms with Crippen LogP contribution in [0.3, 0.4) is 0 Å². The molecule has 2 heteroatoms. The molecule has 0 unspecified atom stereocenters. The summed E-state index contributed by atoms with van der Waals surface area (Å²) in [6, 6.07) is 11.1. The average Bonchev–Trinajstić information content (AvgIpc) is 2.29. The predicted molar refractivity (Wildman–Crippen MR) is 52.2 cm³/mol. The molecule has 0 aliphatic heterocycles. The number of hydrogen-bond donors (Lipinski definition) is 0. The molecule has 2 nitrogen and oxygen atoms in total. The third-order valence-corrected chi connectivity index (χ3v) is 1.73. The Balaban J connectivity index is 2.45. The quantitative estimate of drug-likeness (QED) is 0.662. The van der Waals surface area contributed by atoms with E-state index in [1.165, 1.54) is 6.20 Å². The fraction of sp³-hybridized carbons (Fsp3) is 0.0909. The van der Waals surface area contributed by atoms with Gasteiger partial charge in [-0.05, 0) is 12.9 Å². The average molecular weight is 173 g/mol. The first-order valence-electron chi connectivity index (χ1n) is 5.46. The number of aryl methyl sites for hydroxylation is 1. The Morgan fingerprint density at radius 2 is 2.00 bits per heavy atom. The standard InChI is InChI=1S/C11H10N2/c1-9-12-8-7-11(13-9)10-5-3-2-4-6-10/h2-8H,1H3/i1D3. The highest BCUT2D eigenvalue weighted by molar-refractivity contribution is 5.58. The zero-order valence-corrected chi connectivity index (χ0v) is 6.94. The summed E-state index contributed by atoms with van der Waals surface area (Å²) < 4.78 is 21.7. The van der Waals surface area contributed by atoms with Gasteiger partial charge in [0.05, 0.1) is 5.69 Å². The summed E-state index contributed by atoms with van der Waals surface area (Å²) in [6.07, 6.45) is 1.47. The molecule has 2 aromatic rings. The fourth-order valence-electron chi connectivity index (χ4n) is 1.13. The van der Waals surface area contributed by atoms with Crippen molar-refractivity contribution >= 4 is 0 Å². The van der Waals surface area contributed by atoms with Gasteiger partial charge in [-0.1, -0.05) is 30.3 Å². The molecule has 0 atom stereocenters. The predicted octanol–water partition coefficient (Wildman–Crippen LogP) is 2.45. The molecule has 0 aliphatic rings. The monoisotopic (exact) mass is 173 g/mol. The van der Waals surface area contributed by atoms with Gasteiger partial charge in [0.1, 0.15) is 5.82 Å². The maximum absolute atomic E-state index is 7.24. The van der Waals surface area contributed by atoms with Crippen LogP contribution in [0, 0.1) is 6.85 Å². The van der Waals surface area contributed by atoms with Gasteiger partial charge in [0.2, 0.25) is 0 Å². The van der Waals surface area contributed by atoms with E-state index in [0.717, 1.165) is 5.56 Å². The van der Waals surface area contributed by atoms with Crippen LogP contribution in [0.1, 0.15) is 9.94 Å². The first-order chi connectivity index (χ1) is 7.57. The van der Waals surface area contributed by atoms with Crippen molar-refractivity contribution in [1.29, 1.82) is 0 Å². The molecule has 0 radical (unpaired) electrons. The zero-order chi connectivity index (χ0) is 11.6. The van der Waals surface area contributed by atoms with E-state index in [-0.39, 0.29) is 5.82 Å². The molecular weight excluding hydrogens is 160 g/mol. The Morgan fingerprint density at radius 1 is 1.15 bits per heavy atom. The highest BCUT2D eigenvalue weighted by Gasteiger charge is 1.97. The summed E-state index contributed by atoms with van der Waals surface area (Å²) in [7, 11) is 0. The number of nitrogens with zero attached hydrogens (tertiary/aromatic N) is 2. The molecule has 2 rings (SSSR count). The molecular formula is C11H10N2. The van der Waals surface area contributed by atoms with E-state index < -0.39 is 6.85 Å². The fourth-order valence-corrected chi connectivity index (χ4v) is 1.13. The molecule has 1 heterocycles. The summed E-state index contributed by atoms with van der Waals surface area (Å²) >= 11 is 0. The summed E-state index contributed by atoms with van der Waals surface area (Å²) in [5.41, 5.74) is 1.51. The van der Waals surface area contributed by atoms with Crippen molar-refractivity contribution in [3.63, 3.8) is 0 Å². The third kappa shape index (κ3) is 1.72. The summed E-state index contributed by atoms with van der Waals surface area (Å²) in [6.45, 7) is -2.26. The van der Waals surface area contributed by atoms with Crippen molar-refractivity contribution in [3.05, 3.63) is 48.4 Å². The van der Waals surface area contributed by atoms with Crippen LogP contribution in [0.5, 0.6) is 0 Å². The van der Waals surface area contributed by atoms with Crippen LogP contribution < -0.4 is 0 Å². The molecule has 1 aromatic heterocycles. The van der Waals surface area contributed by atoms with Crippen LogP contribution in [0.2, 0.25) is 0 Å². The molecule has 1 aromatic carbocycles. The molecule has 0 fully saturated rings. The van der Waals surface area contributed by atoms with Crippen molar-refractivity contribution in [1.82, 2.24) is 9.97 Å². The molecule has 0 bridgehead atoms. The normalized spacial score (nSPS) is 14.3. The zero-order valence-electron chi connectivity index (χ0n) is 9.94. The maximum Gasteiger partial charge on any atom is 0.125 e. The van der Waals surface area contributed by atoms with Gasteiger partial charge < -0.3 is 0 Å². The molecule has 0 saturated heterocycles. The summed E-state index contributed by atoms with van der Waals surface area (Å²) in [5, 5.41) is 0. The molecule has 0 aliphatic carbocycles. The van der Waals surface area contributed by atoms with Gasteiger partial charge in [0, 0.05) is 15.9 Å². The molecule has 13 heavy (non-hydrogen) atoms. The minimum atomic E-state index is -2.26. The third-order valence-electron chi connectivity index (χ3n) is 1.73. The topological polar surface area (TPSA) is 25.8 Å². The second-order valence-corrected chi connectivity index (χ2v) is 2.63. The van der Waals surface area contributed by atoms with E-state index >= 15 is 0 Å². The van der Waals surface area contributed by atoms with Gasteiger partial charge in [0.15, 0.2) is 0 Å². The van der Waals surface area contributed by atoms with Gasteiger partial charge >= 0.3 is 0 Å². The first-order valence-corrected chi connectivity index (χ1v) is 3.96. The van der Waals surface area contributed by atoms with Gasteiger partial charge in [-0.3, -0.25) is 0 Å². The Morgan fingerprint density at radius 3 is 2.77 bits per heavy atom. The SMILES string of the molecule is [2H]C([2H])([2H])c1nccc(-c2ccccc2)n1. The Hall–Kier alpha value is -1.70. The molecule has 0 N–H and O–H groups in total. The molecule has 64 valence electrons. The number of benzene rings is 1. The summed E-state index contributed by atoms with van der Waals surface area (Å²) in [5.74, 6) is -0.117. The second-order valence-electron chi connectivity index (χ2n) is 2.63. The van der Waals surface area contributed by atoms with Crippen molar-refractivity contribution in [2.75, 3.05) is 0 Å². The Kier molecular flexibility index (Phi) is 1.32. The van der Waals surface area contributed by atoms with Gasteiger partial charge in [-0.15, -0.1) is 0 Å². The Labute approximate surface area is 81.5 Å². The van der Waals surface area contributed by atoms with Gasteiger partial charge in [-0.25, -0.2) is 9.97 Å². The van der Waals surface area contributed by atoms with Crippen LogP contribution in [0.25, 0.3) is 11.3 Å². The van der Waals surface area contributed by atoms with Crippen LogP contribution >= 0.6 is 0 Å². The van der Waals surface area contributed by atoms with E-state index in [4.69, 9.17) is 4.11 Å². The molecule has 0 saturated carbocycles. The van der Waals surface area contributed by atoms with Crippen molar-refractivity contribution < 1.29 is 4.11 Å². The number of rotatable bonds is 1. The minimum absolute atomic E-state index is 0.117. The van der Waals surface area contributed by atoms with Crippen molar-refractivity contribution in [3.8, 4) is 11.3 Å². The Bertz CT molecular complexity index is 480. The van der Waals surface area contributed by atoms with Crippen LogP contribution in [-0.2, 0) is 0 Å². The lowest BCUT2D eigenvalue weighted by molar-refractivity contribution is 1.06. The van der Waals surface area contributed by atoms with Gasteiger partial charge in [0.25, 0.3) is 0 Å². The van der Waals surface area contributed by atoms with Crippen molar-refractivity contribution in [2.45, 2.75) is 6.85 Å². The first kappa shape index (κ1) is 5.12. The summed E-state index contributed by atoms with van der Waals surface area (Å²) in [4.78, 5) is 7.80.